The molecule has 94 valence electrons. The van der Waals surface area contributed by atoms with Crippen LogP contribution in [-0.4, -0.2) is 49.7 Å². The van der Waals surface area contributed by atoms with Crippen LogP contribution in [0.4, 0.5) is 0 Å². The summed E-state index contributed by atoms with van der Waals surface area (Å²) in [5, 5.41) is 0. The average Bonchev–Trinajstić information content (AvgIpc) is 2.31. The van der Waals surface area contributed by atoms with E-state index >= 15 is 0 Å². The lowest BCUT2D eigenvalue weighted by Gasteiger charge is -2.07. The van der Waals surface area contributed by atoms with E-state index in [1.54, 1.807) is 0 Å². The molecule has 2 atom stereocenters. The number of methoxy groups -OCH3 is 2. The summed E-state index contributed by atoms with van der Waals surface area (Å²) < 4.78 is 9.07. The zero-order valence-electron chi connectivity index (χ0n) is 9.43. The van der Waals surface area contributed by atoms with E-state index in [0.717, 1.165) is 0 Å². The van der Waals surface area contributed by atoms with Gasteiger partial charge in [-0.1, -0.05) is 21.6 Å². The van der Waals surface area contributed by atoms with Crippen LogP contribution in [0.1, 0.15) is 0 Å². The Morgan fingerprint density at radius 1 is 1.00 bits per heavy atom. The van der Waals surface area contributed by atoms with Crippen molar-refractivity contribution < 1.29 is 30.5 Å². The number of rotatable bonds is 7. The van der Waals surface area contributed by atoms with Crippen LogP contribution < -0.4 is 11.5 Å². The Balaban J connectivity index is 3.60. The van der Waals surface area contributed by atoms with Crippen LogP contribution >= 0.6 is 21.6 Å². The molecule has 0 fully saturated rings. The van der Waals surface area contributed by atoms with E-state index in [1.807, 2.05) is 0 Å². The van der Waals surface area contributed by atoms with Crippen LogP contribution in [0.5, 0.6) is 0 Å². The minimum Gasteiger partial charge on any atom is -0.465 e. The van der Waals surface area contributed by atoms with Gasteiger partial charge >= 0.3 is 11.9 Å². The van der Waals surface area contributed by atoms with Gasteiger partial charge in [0.25, 0.3) is 0 Å². The summed E-state index contributed by atoms with van der Waals surface area (Å²) >= 11 is 0. The molecule has 0 saturated carbocycles. The van der Waals surface area contributed by atoms with Crippen molar-refractivity contribution in [2.24, 2.45) is 0 Å². The monoisotopic (exact) mass is 270 g/mol. The third-order valence-electron chi connectivity index (χ3n) is 1.69. The maximum atomic E-state index is 11.0. The molecule has 2 unspecified atom stereocenters. The molecule has 0 amide bonds. The highest BCUT2D eigenvalue weighted by Crippen LogP contribution is 2.21. The highest BCUT2D eigenvalue weighted by molar-refractivity contribution is 8.76. The first-order valence-electron chi connectivity index (χ1n) is 4.59. The lowest BCUT2D eigenvalue weighted by atomic mass is 10.4. The summed E-state index contributed by atoms with van der Waals surface area (Å²) in [6, 6.07) is -0.771. The Bertz CT molecular complexity index is 216. The molecule has 16 heavy (non-hydrogen) atoms. The molecule has 0 aromatic heterocycles. The summed E-state index contributed by atoms with van der Waals surface area (Å²) in [6.07, 6.45) is 0. The Morgan fingerprint density at radius 2 is 1.31 bits per heavy atom. The Hall–Kier alpha value is -0.440. The summed E-state index contributed by atoms with van der Waals surface area (Å²) in [5.41, 5.74) is 7.32. The van der Waals surface area contributed by atoms with Crippen molar-refractivity contribution >= 4 is 33.5 Å². The van der Waals surface area contributed by atoms with Gasteiger partial charge in [0, 0.05) is 0 Å². The minimum atomic E-state index is -0.385. The molecule has 0 aliphatic carbocycles. The maximum absolute atomic E-state index is 11.0. The van der Waals surface area contributed by atoms with E-state index in [9.17, 15) is 9.59 Å². The molecule has 8 heteroatoms. The molecule has 0 aromatic rings. The second-order valence-corrected chi connectivity index (χ2v) is 5.56. The van der Waals surface area contributed by atoms with Crippen LogP contribution in [0.15, 0.2) is 0 Å². The predicted molar refractivity (Wildman–Crippen MR) is 62.3 cm³/mol. The van der Waals surface area contributed by atoms with Crippen LogP contribution in [-0.2, 0) is 19.1 Å². The molecule has 0 aliphatic rings. The van der Waals surface area contributed by atoms with E-state index in [1.165, 1.54) is 35.8 Å². The van der Waals surface area contributed by atoms with Crippen LogP contribution in [0.25, 0.3) is 0 Å². The first-order chi connectivity index (χ1) is 7.52. The van der Waals surface area contributed by atoms with Crippen LogP contribution in [0.2, 0.25) is 0 Å². The normalized spacial score (nSPS) is 14.0. The molecular weight excluding hydrogens is 252 g/mol. The van der Waals surface area contributed by atoms with E-state index in [-0.39, 0.29) is 24.0 Å². The quantitative estimate of drug-likeness (QED) is 0.313. The fourth-order valence-corrected chi connectivity index (χ4v) is 3.09. The van der Waals surface area contributed by atoms with Crippen molar-refractivity contribution in [3.63, 3.8) is 0 Å². The molecule has 6 nitrogen and oxygen atoms in total. The number of ether oxygens (including phenoxy) is 2. The van der Waals surface area contributed by atoms with Crippen molar-refractivity contribution in [1.29, 1.82) is 0 Å². The van der Waals surface area contributed by atoms with Gasteiger partial charge in [-0.05, 0) is 0 Å². The molecule has 6 N–H and O–H groups in total. The first kappa shape index (κ1) is 15.6. The Kier molecular flexibility index (Phi) is 8.44. The second kappa shape index (κ2) is 8.68. The standard InChI is InChI=1S/C8H16N2O4S2/c1-13-7(11)5(9)3-15-16-4-6(10)8(12)14-2/h5-6H,3-4,9-10H2,1-2H3/p+2. The largest absolute Gasteiger partial charge is 0.465 e. The third-order valence-corrected chi connectivity index (χ3v) is 4.25. The Labute approximate surface area is 102 Å². The molecule has 0 aromatic carbocycles. The zero-order chi connectivity index (χ0) is 12.6. The van der Waals surface area contributed by atoms with Crippen molar-refractivity contribution in [1.82, 2.24) is 0 Å². The van der Waals surface area contributed by atoms with Crippen molar-refractivity contribution in [3.05, 3.63) is 0 Å². The van der Waals surface area contributed by atoms with Crippen LogP contribution in [0, 0.1) is 0 Å². The fourth-order valence-electron chi connectivity index (χ4n) is 0.730. The number of quaternary nitrogens is 2. The number of hydrogen-bond acceptors (Lipinski definition) is 6. The number of esters is 2. The first-order valence-corrected chi connectivity index (χ1v) is 7.08. The summed E-state index contributed by atoms with van der Waals surface area (Å²) in [5.74, 6) is 0.440. The SMILES string of the molecule is COC(=O)C([NH3+])CSSCC([NH3+])C(=O)OC. The van der Waals surface area contributed by atoms with Gasteiger partial charge < -0.3 is 20.9 Å². The van der Waals surface area contributed by atoms with Crippen molar-refractivity contribution in [2.45, 2.75) is 12.1 Å². The average molecular weight is 270 g/mol. The number of hydrogen-bond donors (Lipinski definition) is 2. The van der Waals surface area contributed by atoms with E-state index < -0.39 is 0 Å². The highest BCUT2D eigenvalue weighted by atomic mass is 33.1. The summed E-state index contributed by atoms with van der Waals surface area (Å²) in [4.78, 5) is 22.0. The maximum Gasteiger partial charge on any atom is 0.365 e. The molecule has 0 bridgehead atoms. The minimum absolute atomic E-state index is 0.327. The van der Waals surface area contributed by atoms with Crippen LogP contribution in [0.3, 0.4) is 0 Å². The van der Waals surface area contributed by atoms with Gasteiger partial charge in [0.1, 0.15) is 0 Å². The highest BCUT2D eigenvalue weighted by Gasteiger charge is 2.20. The number of carbonyl (C=O) groups is 2. The third kappa shape index (κ3) is 6.21. The lowest BCUT2D eigenvalue weighted by Crippen LogP contribution is -2.67. The number of carbonyl (C=O) groups excluding carboxylic acids is 2. The summed E-state index contributed by atoms with van der Waals surface area (Å²) in [6.45, 7) is 0. The molecule has 0 spiro atoms. The van der Waals surface area contributed by atoms with Gasteiger partial charge in [-0.15, -0.1) is 0 Å². The smallest absolute Gasteiger partial charge is 0.365 e. The van der Waals surface area contributed by atoms with Gasteiger partial charge in [0.05, 0.1) is 25.7 Å². The van der Waals surface area contributed by atoms with Crippen molar-refractivity contribution in [3.8, 4) is 0 Å². The van der Waals surface area contributed by atoms with E-state index in [2.05, 4.69) is 20.9 Å². The van der Waals surface area contributed by atoms with Crippen molar-refractivity contribution in [2.75, 3.05) is 25.7 Å². The van der Waals surface area contributed by atoms with E-state index in [0.29, 0.717) is 11.5 Å². The fraction of sp³-hybridized carbons (Fsp3) is 0.750. The topological polar surface area (TPSA) is 108 Å². The van der Waals surface area contributed by atoms with Gasteiger partial charge in [-0.2, -0.15) is 0 Å². The van der Waals surface area contributed by atoms with Gasteiger partial charge in [-0.3, -0.25) is 0 Å². The molecule has 0 aliphatic heterocycles. The Morgan fingerprint density at radius 3 is 1.56 bits per heavy atom. The lowest BCUT2D eigenvalue weighted by molar-refractivity contribution is -0.401. The van der Waals surface area contributed by atoms with Gasteiger partial charge in [-0.25, -0.2) is 9.59 Å². The van der Waals surface area contributed by atoms with E-state index in [4.69, 9.17) is 0 Å². The van der Waals surface area contributed by atoms with Gasteiger partial charge in [0.2, 0.25) is 0 Å². The van der Waals surface area contributed by atoms with Gasteiger partial charge in [0.15, 0.2) is 12.1 Å². The molecule has 0 saturated heterocycles. The molecule has 0 heterocycles. The molecular formula is C8H18N2O4S2+2. The predicted octanol–water partition coefficient (Wildman–Crippen LogP) is -2.07. The second-order valence-electron chi connectivity index (χ2n) is 3.01. The zero-order valence-corrected chi connectivity index (χ0v) is 11.1. The molecule has 0 rings (SSSR count). The summed E-state index contributed by atoms with van der Waals surface area (Å²) in [7, 11) is 5.60. The molecule has 0 radical (unpaired) electrons.